The van der Waals surface area contributed by atoms with Crippen molar-refractivity contribution in [3.8, 4) is 0 Å². The van der Waals surface area contributed by atoms with Crippen LogP contribution in [0.2, 0.25) is 0 Å². The van der Waals surface area contributed by atoms with Crippen LogP contribution in [-0.4, -0.2) is 34.9 Å². The average Bonchev–Trinajstić information content (AvgIpc) is 2.01. The minimum absolute atomic E-state index is 0.0322. The van der Waals surface area contributed by atoms with E-state index in [-0.39, 0.29) is 6.84 Å². The fourth-order valence-corrected chi connectivity index (χ4v) is 9.81. The first-order chi connectivity index (χ1) is 9.34. The van der Waals surface area contributed by atoms with Crippen LogP contribution in [-0.2, 0) is 9.47 Å². The summed E-state index contributed by atoms with van der Waals surface area (Å²) in [5, 5.41) is 10.9. The second-order valence-electron chi connectivity index (χ2n) is 8.34. The van der Waals surface area contributed by atoms with E-state index in [1.807, 2.05) is 20.8 Å². The molecular weight excluding hydrogens is 498 g/mol. The maximum absolute atomic E-state index is 12.1. The lowest BCUT2D eigenvalue weighted by molar-refractivity contribution is -0.187. The summed E-state index contributed by atoms with van der Waals surface area (Å²) in [7, 11) is 0. The third-order valence-electron chi connectivity index (χ3n) is 4.54. The van der Waals surface area contributed by atoms with Crippen LogP contribution < -0.4 is 0 Å². The monoisotopic (exact) mass is 520 g/mol. The Hall–Kier alpha value is 0.690. The number of hydrogen-bond acceptors (Lipinski definition) is 4. The van der Waals surface area contributed by atoms with Crippen LogP contribution in [0.5, 0.6) is 0 Å². The molecule has 4 fully saturated rings. The van der Waals surface area contributed by atoms with Crippen LogP contribution in [0.25, 0.3) is 0 Å². The molecule has 4 rings (SSSR count). The van der Waals surface area contributed by atoms with E-state index in [9.17, 15) is 9.90 Å². The molecule has 4 aliphatic carbocycles. The molecule has 0 amide bonds. The van der Waals surface area contributed by atoms with Gasteiger partial charge in [-0.3, -0.25) is 0 Å². The molecule has 0 aromatic carbocycles. The average molecular weight is 520 g/mol. The normalized spacial score (nSPS) is 48.3. The minimum Gasteiger partial charge on any atom is -0.429 e. The van der Waals surface area contributed by atoms with Gasteiger partial charge in [-0.2, -0.15) is 0 Å². The second-order valence-corrected chi connectivity index (χ2v) is 12.9. The Morgan fingerprint density at radius 1 is 1.00 bits per heavy atom. The standard InChI is InChI=1S/C15H22I2O4/c1-11(2,3)20-10(18)21-15-7-12(16)4-13(17,8-15)6-14(19,5-12)9-15/h19H,4-9H2,1-3H3. The summed E-state index contributed by atoms with van der Waals surface area (Å²) in [4.78, 5) is 12.1. The van der Waals surface area contributed by atoms with E-state index in [0.29, 0.717) is 6.42 Å². The van der Waals surface area contributed by atoms with Crippen LogP contribution >= 0.6 is 45.2 Å². The van der Waals surface area contributed by atoms with Crippen molar-refractivity contribution in [1.82, 2.24) is 0 Å². The van der Waals surface area contributed by atoms with Crippen molar-refractivity contribution >= 4 is 51.3 Å². The molecule has 0 heterocycles. The highest BCUT2D eigenvalue weighted by Crippen LogP contribution is 2.67. The molecule has 0 spiro atoms. The van der Waals surface area contributed by atoms with Gasteiger partial charge in [0.1, 0.15) is 11.2 Å². The number of halogens is 2. The number of rotatable bonds is 1. The number of aliphatic hydroxyl groups is 1. The molecule has 0 radical (unpaired) electrons. The fourth-order valence-electron chi connectivity index (χ4n) is 4.81. The van der Waals surface area contributed by atoms with Crippen LogP contribution in [0.15, 0.2) is 0 Å². The zero-order valence-corrected chi connectivity index (χ0v) is 17.0. The number of ether oxygens (including phenoxy) is 2. The molecule has 6 heteroatoms. The van der Waals surface area contributed by atoms with Gasteiger partial charge in [0, 0.05) is 26.1 Å². The Kier molecular flexibility index (Phi) is 3.64. The lowest BCUT2D eigenvalue weighted by Crippen LogP contribution is -2.69. The summed E-state index contributed by atoms with van der Waals surface area (Å²) in [6.07, 6.45) is 4.31. The molecule has 1 N–H and O–H groups in total. The lowest BCUT2D eigenvalue weighted by Gasteiger charge is -2.65. The van der Waals surface area contributed by atoms with E-state index in [1.54, 1.807) is 0 Å². The number of carbonyl (C=O) groups is 1. The summed E-state index contributed by atoms with van der Waals surface area (Å²) in [6, 6.07) is 0. The molecule has 0 aromatic rings. The van der Waals surface area contributed by atoms with Gasteiger partial charge in [-0.25, -0.2) is 4.79 Å². The predicted octanol–water partition coefficient (Wildman–Crippen LogP) is 4.14. The first kappa shape index (κ1) is 16.5. The molecule has 4 bridgehead atoms. The van der Waals surface area contributed by atoms with E-state index in [0.717, 1.165) is 32.1 Å². The topological polar surface area (TPSA) is 55.8 Å². The largest absolute Gasteiger partial charge is 0.509 e. The van der Waals surface area contributed by atoms with Crippen molar-refractivity contribution in [2.75, 3.05) is 0 Å². The van der Waals surface area contributed by atoms with Gasteiger partial charge in [0.05, 0.1) is 5.60 Å². The van der Waals surface area contributed by atoms with Crippen molar-refractivity contribution in [1.29, 1.82) is 0 Å². The van der Waals surface area contributed by atoms with Gasteiger partial charge in [0.15, 0.2) is 0 Å². The van der Waals surface area contributed by atoms with Gasteiger partial charge in [-0.05, 0) is 40.0 Å². The van der Waals surface area contributed by atoms with Gasteiger partial charge in [0.25, 0.3) is 0 Å². The third-order valence-corrected chi connectivity index (χ3v) is 6.83. The minimum atomic E-state index is -0.695. The molecule has 0 aromatic heterocycles. The SMILES string of the molecule is CC(C)(C)OC(=O)OC12CC3(O)CC(I)(CC(I)(C3)C1)C2. The molecular formula is C15H22I2O4. The smallest absolute Gasteiger partial charge is 0.429 e. The highest BCUT2D eigenvalue weighted by molar-refractivity contribution is 14.1. The molecule has 2 atom stereocenters. The Balaban J connectivity index is 1.83. The van der Waals surface area contributed by atoms with E-state index >= 15 is 0 Å². The van der Waals surface area contributed by atoms with Gasteiger partial charge in [0.2, 0.25) is 0 Å². The number of carbonyl (C=O) groups excluding carboxylic acids is 1. The van der Waals surface area contributed by atoms with Crippen molar-refractivity contribution in [2.24, 2.45) is 0 Å². The summed E-state index contributed by atoms with van der Waals surface area (Å²) in [6.45, 7) is 5.50. The van der Waals surface area contributed by atoms with Gasteiger partial charge in [-0.1, -0.05) is 45.2 Å². The highest BCUT2D eigenvalue weighted by Gasteiger charge is 2.68. The fraction of sp³-hybridized carbons (Fsp3) is 0.933. The first-order valence-corrected chi connectivity index (χ1v) is 9.52. The van der Waals surface area contributed by atoms with E-state index in [4.69, 9.17) is 9.47 Å². The zero-order chi connectivity index (χ0) is 15.7. The molecule has 21 heavy (non-hydrogen) atoms. The maximum atomic E-state index is 12.1. The van der Waals surface area contributed by atoms with E-state index in [2.05, 4.69) is 45.2 Å². The van der Waals surface area contributed by atoms with Crippen LogP contribution in [0.4, 0.5) is 4.79 Å². The molecule has 4 aliphatic rings. The lowest BCUT2D eigenvalue weighted by atomic mass is 9.52. The van der Waals surface area contributed by atoms with E-state index < -0.39 is 23.0 Å². The Morgan fingerprint density at radius 3 is 1.95 bits per heavy atom. The predicted molar refractivity (Wildman–Crippen MR) is 96.2 cm³/mol. The van der Waals surface area contributed by atoms with Crippen molar-refractivity contribution < 1.29 is 19.4 Å². The summed E-state index contributed by atoms with van der Waals surface area (Å²) >= 11 is 4.95. The van der Waals surface area contributed by atoms with Crippen LogP contribution in [0.1, 0.15) is 59.3 Å². The summed E-state index contributed by atoms with van der Waals surface area (Å²) in [5.74, 6) is 0. The third kappa shape index (κ3) is 3.32. The Bertz CT molecular complexity index is 431. The quantitative estimate of drug-likeness (QED) is 0.321. The number of hydrogen-bond donors (Lipinski definition) is 1. The van der Waals surface area contributed by atoms with Gasteiger partial charge < -0.3 is 14.6 Å². The summed E-state index contributed by atoms with van der Waals surface area (Å²) in [5.41, 5.74) is -1.81. The van der Waals surface area contributed by atoms with Crippen LogP contribution in [0.3, 0.4) is 0 Å². The van der Waals surface area contributed by atoms with Crippen molar-refractivity contribution in [3.63, 3.8) is 0 Å². The molecule has 4 nitrogen and oxygen atoms in total. The zero-order valence-electron chi connectivity index (χ0n) is 12.7. The molecule has 2 unspecified atom stereocenters. The maximum Gasteiger partial charge on any atom is 0.509 e. The number of alkyl halides is 2. The van der Waals surface area contributed by atoms with Gasteiger partial charge in [-0.15, -0.1) is 0 Å². The Morgan fingerprint density at radius 2 is 1.52 bits per heavy atom. The second kappa shape index (κ2) is 4.62. The molecule has 0 aliphatic heterocycles. The summed E-state index contributed by atoms with van der Waals surface area (Å²) < 4.78 is 11.2. The van der Waals surface area contributed by atoms with E-state index in [1.165, 1.54) is 0 Å². The van der Waals surface area contributed by atoms with Crippen molar-refractivity contribution in [3.05, 3.63) is 0 Å². The van der Waals surface area contributed by atoms with Crippen LogP contribution in [0, 0.1) is 0 Å². The molecule has 0 saturated heterocycles. The highest BCUT2D eigenvalue weighted by atomic mass is 127. The molecule has 120 valence electrons. The van der Waals surface area contributed by atoms with Crippen molar-refractivity contribution in [2.45, 2.75) is 82.9 Å². The first-order valence-electron chi connectivity index (χ1n) is 7.36. The molecule has 4 saturated carbocycles. The van der Waals surface area contributed by atoms with Gasteiger partial charge >= 0.3 is 6.16 Å². The Labute approximate surface area is 153 Å².